The molecule has 3 rings (SSSR count). The first-order chi connectivity index (χ1) is 15.6. The molecule has 14 nitrogen and oxygen atoms in total. The zero-order valence-corrected chi connectivity index (χ0v) is 20.7. The first-order valence-electron chi connectivity index (χ1n) is 9.52. The zero-order chi connectivity index (χ0) is 24.3. The van der Waals surface area contributed by atoms with Crippen LogP contribution in [0.3, 0.4) is 0 Å². The molecule has 16 heteroatoms. The molecule has 2 amide bonds. The van der Waals surface area contributed by atoms with Gasteiger partial charge < -0.3 is 25.3 Å². The van der Waals surface area contributed by atoms with Gasteiger partial charge in [0, 0.05) is 18.8 Å². The molecule has 0 unspecified atom stereocenters. The van der Waals surface area contributed by atoms with Crippen molar-refractivity contribution in [1.82, 2.24) is 40.3 Å². The van der Waals surface area contributed by atoms with Gasteiger partial charge in [-0.3, -0.25) is 14.3 Å². The van der Waals surface area contributed by atoms with Crippen molar-refractivity contribution in [3.05, 3.63) is 47.5 Å². The second-order valence-electron chi connectivity index (χ2n) is 6.90. The summed E-state index contributed by atoms with van der Waals surface area (Å²) in [6.07, 6.45) is 0. The number of rotatable bonds is 9. The number of nitrogens with one attached hydrogen (secondary N) is 2. The van der Waals surface area contributed by atoms with Crippen molar-refractivity contribution in [2.75, 3.05) is 13.1 Å². The van der Waals surface area contributed by atoms with E-state index in [1.807, 2.05) is 13.8 Å². The summed E-state index contributed by atoms with van der Waals surface area (Å²) in [5.41, 5.74) is 2.12. The number of aromatic nitrogens is 6. The molecule has 3 heterocycles. The molecule has 0 fully saturated rings. The van der Waals surface area contributed by atoms with Crippen molar-refractivity contribution >= 4 is 51.8 Å². The Kier molecular flexibility index (Phi) is 7.62. The third-order valence-corrected chi connectivity index (χ3v) is 6.57. The Balaban J connectivity index is 1.47. The average Bonchev–Trinajstić information content (AvgIpc) is 3.41. The summed E-state index contributed by atoms with van der Waals surface area (Å²) in [5, 5.41) is 27.9. The number of nitrogens with zero attached hydrogens (tertiary/aromatic N) is 7. The second-order valence-corrected chi connectivity index (χ2v) is 8.36. The van der Waals surface area contributed by atoms with Gasteiger partial charge in [-0.05, 0) is 48.3 Å². The van der Waals surface area contributed by atoms with Crippen LogP contribution in [-0.2, 0) is 17.9 Å². The van der Waals surface area contributed by atoms with Gasteiger partial charge in [-0.15, -0.1) is 0 Å². The molecule has 0 aliphatic carbocycles. The maximum absolute atomic E-state index is 12.2. The Morgan fingerprint density at radius 2 is 1.85 bits per heavy atom. The molecule has 0 saturated heterocycles. The summed E-state index contributed by atoms with van der Waals surface area (Å²) in [6.45, 7) is 5.64. The highest BCUT2D eigenvalue weighted by molar-refractivity contribution is 14.1. The van der Waals surface area contributed by atoms with Crippen LogP contribution in [0.2, 0.25) is 5.02 Å². The van der Waals surface area contributed by atoms with E-state index in [2.05, 4.69) is 53.6 Å². The number of nitro groups is 1. The summed E-state index contributed by atoms with van der Waals surface area (Å²) in [6, 6.07) is 0. The highest BCUT2D eigenvalue weighted by Gasteiger charge is 2.25. The number of amides is 2. The van der Waals surface area contributed by atoms with Crippen molar-refractivity contribution in [1.29, 1.82) is 0 Å². The van der Waals surface area contributed by atoms with Gasteiger partial charge in [0.15, 0.2) is 10.8 Å². The van der Waals surface area contributed by atoms with Gasteiger partial charge in [0.25, 0.3) is 0 Å². The number of hydrogen-bond acceptors (Lipinski definition) is 9. The predicted molar refractivity (Wildman–Crippen MR) is 122 cm³/mol. The van der Waals surface area contributed by atoms with Gasteiger partial charge in [-0.2, -0.15) is 14.8 Å². The van der Waals surface area contributed by atoms with E-state index in [4.69, 9.17) is 16.1 Å². The van der Waals surface area contributed by atoms with Crippen LogP contribution < -0.4 is 10.6 Å². The predicted octanol–water partition coefficient (Wildman–Crippen LogP) is 1.15. The smallest absolute Gasteiger partial charge is 0.358 e. The van der Waals surface area contributed by atoms with E-state index < -0.39 is 16.6 Å². The molecule has 0 spiro atoms. The van der Waals surface area contributed by atoms with Gasteiger partial charge >= 0.3 is 17.6 Å². The Morgan fingerprint density at radius 3 is 2.45 bits per heavy atom. The van der Waals surface area contributed by atoms with E-state index in [9.17, 15) is 19.7 Å². The summed E-state index contributed by atoms with van der Waals surface area (Å²) in [7, 11) is 0. The van der Waals surface area contributed by atoms with E-state index in [0.717, 1.165) is 15.0 Å². The molecular formula is C17H19ClIN9O5. The molecule has 0 aromatic carbocycles. The third-order valence-electron chi connectivity index (χ3n) is 4.56. The number of hydrogen-bond donors (Lipinski definition) is 2. The minimum absolute atomic E-state index is 0.0719. The first kappa shape index (κ1) is 24.6. The summed E-state index contributed by atoms with van der Waals surface area (Å²) in [4.78, 5) is 38.5. The summed E-state index contributed by atoms with van der Waals surface area (Å²) in [5.74, 6) is -1.56. The minimum Gasteiger partial charge on any atom is -0.358 e. The highest BCUT2D eigenvalue weighted by Crippen LogP contribution is 2.26. The maximum Gasteiger partial charge on any atom is 0.408 e. The van der Waals surface area contributed by atoms with E-state index in [0.29, 0.717) is 5.69 Å². The van der Waals surface area contributed by atoms with Crippen LogP contribution in [0.5, 0.6) is 0 Å². The molecule has 0 bridgehead atoms. The molecular weight excluding hydrogens is 573 g/mol. The Hall–Kier alpha value is -3.08. The van der Waals surface area contributed by atoms with Gasteiger partial charge in [-0.1, -0.05) is 16.8 Å². The standard InChI is InChI=1S/C17H19ClIN9O5/c1-8-14(19)10(3)27(23-8)7-12(29)20-4-5-21-16(30)17-22-11(25-33-17)6-26-9(2)13(18)15(24-26)28(31)32/h4-7H2,1-3H3,(H,20,29)(H,21,30). The topological polar surface area (TPSA) is 176 Å². The van der Waals surface area contributed by atoms with Crippen LogP contribution in [0.1, 0.15) is 33.6 Å². The monoisotopic (exact) mass is 591 g/mol. The van der Waals surface area contributed by atoms with Gasteiger partial charge in [0.1, 0.15) is 13.1 Å². The highest BCUT2D eigenvalue weighted by atomic mass is 127. The Morgan fingerprint density at radius 1 is 1.15 bits per heavy atom. The molecule has 3 aromatic heterocycles. The lowest BCUT2D eigenvalue weighted by Gasteiger charge is -2.07. The second kappa shape index (κ2) is 10.2. The minimum atomic E-state index is -0.697. The molecule has 33 heavy (non-hydrogen) atoms. The van der Waals surface area contributed by atoms with Gasteiger partial charge in [-0.25, -0.2) is 0 Å². The molecule has 0 aliphatic heterocycles. The number of halogens is 2. The van der Waals surface area contributed by atoms with Gasteiger partial charge in [0.05, 0.1) is 20.1 Å². The fourth-order valence-electron chi connectivity index (χ4n) is 2.80. The van der Waals surface area contributed by atoms with E-state index in [-0.39, 0.29) is 48.8 Å². The fraction of sp³-hybridized carbons (Fsp3) is 0.412. The van der Waals surface area contributed by atoms with Crippen molar-refractivity contribution in [3.8, 4) is 0 Å². The largest absolute Gasteiger partial charge is 0.408 e. The van der Waals surface area contributed by atoms with Crippen LogP contribution in [0.4, 0.5) is 5.82 Å². The lowest BCUT2D eigenvalue weighted by atomic mass is 10.4. The number of aryl methyl sites for hydroxylation is 1. The molecule has 3 aromatic rings. The normalized spacial score (nSPS) is 10.9. The van der Waals surface area contributed by atoms with E-state index in [1.165, 1.54) is 4.68 Å². The molecule has 2 N–H and O–H groups in total. The SMILES string of the molecule is Cc1nn(CC(=O)NCCNC(=O)c2nc(Cn3nc([N+](=O)[O-])c(Cl)c3C)no2)c(C)c1I. The van der Waals surface area contributed by atoms with Crippen LogP contribution in [0, 0.1) is 34.5 Å². The average molecular weight is 592 g/mol. The molecule has 0 atom stereocenters. The van der Waals surface area contributed by atoms with Crippen molar-refractivity contribution in [3.63, 3.8) is 0 Å². The quantitative estimate of drug-likeness (QED) is 0.160. The number of carbonyl (C=O) groups is 2. The summed E-state index contributed by atoms with van der Waals surface area (Å²) < 4.78 is 8.80. The molecule has 176 valence electrons. The Bertz CT molecular complexity index is 1220. The molecule has 0 aliphatic rings. The van der Waals surface area contributed by atoms with Crippen LogP contribution >= 0.6 is 34.2 Å². The third kappa shape index (κ3) is 5.65. The van der Waals surface area contributed by atoms with Gasteiger partial charge in [0.2, 0.25) is 5.91 Å². The van der Waals surface area contributed by atoms with E-state index in [1.54, 1.807) is 11.6 Å². The van der Waals surface area contributed by atoms with E-state index >= 15 is 0 Å². The lowest BCUT2D eigenvalue weighted by molar-refractivity contribution is -0.389. The first-order valence-corrected chi connectivity index (χ1v) is 11.0. The van der Waals surface area contributed by atoms with Crippen LogP contribution in [0.25, 0.3) is 0 Å². The van der Waals surface area contributed by atoms with Crippen molar-refractivity contribution in [2.24, 2.45) is 0 Å². The number of carbonyl (C=O) groups excluding carboxylic acids is 2. The lowest BCUT2D eigenvalue weighted by Crippen LogP contribution is -2.36. The maximum atomic E-state index is 12.2. The fourth-order valence-corrected chi connectivity index (χ4v) is 3.39. The molecule has 0 saturated carbocycles. The van der Waals surface area contributed by atoms with Crippen molar-refractivity contribution < 1.29 is 19.0 Å². The summed E-state index contributed by atoms with van der Waals surface area (Å²) >= 11 is 8.07. The molecule has 0 radical (unpaired) electrons. The van der Waals surface area contributed by atoms with Crippen LogP contribution in [-0.4, -0.2) is 59.5 Å². The van der Waals surface area contributed by atoms with Crippen molar-refractivity contribution in [2.45, 2.75) is 33.9 Å². The Labute approximate surface area is 205 Å². The zero-order valence-electron chi connectivity index (χ0n) is 17.8. The van der Waals surface area contributed by atoms with Crippen LogP contribution in [0.15, 0.2) is 4.52 Å².